The van der Waals surface area contributed by atoms with Crippen LogP contribution in [-0.2, 0) is 4.79 Å². The van der Waals surface area contributed by atoms with Gasteiger partial charge in [0.05, 0.1) is 35.0 Å². The summed E-state index contributed by atoms with van der Waals surface area (Å²) in [4.78, 5) is 16.0. The normalized spacial score (nSPS) is 16.1. The number of hydrogen-bond donors (Lipinski definition) is 2. The first-order chi connectivity index (χ1) is 16.5. The number of rotatable bonds is 7. The van der Waals surface area contributed by atoms with Crippen molar-refractivity contribution in [2.24, 2.45) is 5.73 Å². The topological polar surface area (TPSA) is 82.2 Å². The number of benzene rings is 2. The summed E-state index contributed by atoms with van der Waals surface area (Å²) in [5.74, 6) is -0.755. The highest BCUT2D eigenvalue weighted by Gasteiger charge is 2.27. The van der Waals surface area contributed by atoms with E-state index in [1.165, 1.54) is 18.2 Å². The predicted molar refractivity (Wildman–Crippen MR) is 125 cm³/mol. The number of hydrogen-bond acceptors (Lipinski definition) is 4. The van der Waals surface area contributed by atoms with E-state index < -0.39 is 24.3 Å². The lowest BCUT2D eigenvalue weighted by Gasteiger charge is -2.21. The lowest BCUT2D eigenvalue weighted by Crippen LogP contribution is -2.18. The first-order valence-corrected chi connectivity index (χ1v) is 11.0. The fourth-order valence-electron chi connectivity index (χ4n) is 3.91. The molecule has 3 aromatic rings. The molecule has 1 amide bonds. The zero-order valence-electron chi connectivity index (χ0n) is 18.5. The summed E-state index contributed by atoms with van der Waals surface area (Å²) in [5, 5.41) is 2.71. The van der Waals surface area contributed by atoms with Gasteiger partial charge in [-0.15, -0.1) is 0 Å². The quantitative estimate of drug-likeness (QED) is 0.367. The lowest BCUT2D eigenvalue weighted by molar-refractivity contribution is -0.131. The minimum atomic E-state index is -4.32. The smallest absolute Gasteiger partial charge is 0.390 e. The van der Waals surface area contributed by atoms with Gasteiger partial charge < -0.3 is 20.4 Å². The molecule has 1 aliphatic carbocycles. The van der Waals surface area contributed by atoms with Crippen molar-refractivity contribution in [1.29, 1.82) is 0 Å². The number of ether oxygens (including phenoxy) is 1. The van der Waals surface area contributed by atoms with Crippen LogP contribution in [0.25, 0.3) is 11.0 Å². The summed E-state index contributed by atoms with van der Waals surface area (Å²) < 4.78 is 59.6. The first-order valence-electron chi connectivity index (χ1n) is 10.6. The highest BCUT2D eigenvalue weighted by atomic mass is 35.5. The minimum absolute atomic E-state index is 0.0665. The summed E-state index contributed by atoms with van der Waals surface area (Å²) in [6.07, 6.45) is 0.167. The molecule has 35 heavy (non-hydrogen) atoms. The molecule has 0 spiro atoms. The third-order valence-electron chi connectivity index (χ3n) is 5.59. The van der Waals surface area contributed by atoms with Gasteiger partial charge in [0, 0.05) is 30.3 Å². The van der Waals surface area contributed by atoms with Gasteiger partial charge in [0.15, 0.2) is 0 Å². The van der Waals surface area contributed by atoms with Crippen LogP contribution in [0.4, 0.5) is 23.2 Å². The van der Waals surface area contributed by atoms with Crippen molar-refractivity contribution in [3.05, 3.63) is 70.8 Å². The Morgan fingerprint density at radius 3 is 2.71 bits per heavy atom. The summed E-state index contributed by atoms with van der Waals surface area (Å²) in [6, 6.07) is 6.90. The first kappa shape index (κ1) is 24.6. The Morgan fingerprint density at radius 1 is 1.29 bits per heavy atom. The molecule has 0 radical (unpaired) electrons. The van der Waals surface area contributed by atoms with Crippen LogP contribution in [0.1, 0.15) is 25.8 Å². The Kier molecular flexibility index (Phi) is 6.75. The molecule has 1 aliphatic rings. The maximum atomic E-state index is 13.9. The fourth-order valence-corrected chi connectivity index (χ4v) is 4.02. The molecule has 0 fully saturated rings. The molecule has 0 saturated heterocycles. The Labute approximate surface area is 203 Å². The number of nitrogens with zero attached hydrogens (tertiary/aromatic N) is 2. The van der Waals surface area contributed by atoms with Gasteiger partial charge in [-0.2, -0.15) is 13.2 Å². The number of amides is 1. The second kappa shape index (κ2) is 9.61. The van der Waals surface area contributed by atoms with Crippen molar-refractivity contribution >= 4 is 34.2 Å². The molecule has 0 bridgehead atoms. The van der Waals surface area contributed by atoms with E-state index in [-0.39, 0.29) is 29.1 Å². The van der Waals surface area contributed by atoms with Gasteiger partial charge in [-0.25, -0.2) is 9.37 Å². The van der Waals surface area contributed by atoms with E-state index in [0.717, 1.165) is 11.6 Å². The maximum Gasteiger partial charge on any atom is 0.390 e. The Balaban J connectivity index is 1.72. The number of nitrogens with one attached hydrogen (secondary N) is 1. The molecule has 1 heterocycles. The minimum Gasteiger partial charge on any atom is -0.457 e. The van der Waals surface area contributed by atoms with Gasteiger partial charge in [0.2, 0.25) is 5.91 Å². The monoisotopic (exact) mass is 508 g/mol. The van der Waals surface area contributed by atoms with Crippen LogP contribution < -0.4 is 15.8 Å². The largest absolute Gasteiger partial charge is 0.457 e. The standard InChI is InChI=1S/C24H21ClF4N4O2/c1-13-8-14(2-4-17(13)23(30)34)33-12-32-22-20(31-7-6-24(27,28)29)10-16(11-21(22)33)35-15-3-5-18(25)19(26)9-15/h2-5,9-12,14,31H,6-8H2,1H3,(H2,30,34). The van der Waals surface area contributed by atoms with Crippen LogP contribution in [0.2, 0.25) is 5.02 Å². The van der Waals surface area contributed by atoms with Crippen LogP contribution in [0.15, 0.2) is 60.0 Å². The number of fused-ring (bicyclic) bond motifs is 1. The van der Waals surface area contributed by atoms with Gasteiger partial charge >= 0.3 is 6.18 Å². The summed E-state index contributed by atoms with van der Waals surface area (Å²) >= 11 is 5.73. The fraction of sp³-hybridized carbons (Fsp3) is 0.250. The summed E-state index contributed by atoms with van der Waals surface area (Å²) in [5.41, 5.74) is 8.01. The van der Waals surface area contributed by atoms with Gasteiger partial charge in [-0.1, -0.05) is 29.3 Å². The van der Waals surface area contributed by atoms with Gasteiger partial charge in [0.25, 0.3) is 0 Å². The Bertz CT molecular complexity index is 1350. The van der Waals surface area contributed by atoms with E-state index in [9.17, 15) is 22.4 Å². The number of halogens is 5. The summed E-state index contributed by atoms with van der Waals surface area (Å²) in [7, 11) is 0. The second-order valence-corrected chi connectivity index (χ2v) is 8.56. The molecule has 1 unspecified atom stereocenters. The van der Waals surface area contributed by atoms with Crippen molar-refractivity contribution < 1.29 is 27.1 Å². The van der Waals surface area contributed by atoms with Gasteiger partial charge in [-0.05, 0) is 25.5 Å². The lowest BCUT2D eigenvalue weighted by atomic mass is 9.95. The number of allylic oxidation sites excluding steroid dienone is 2. The average molecular weight is 509 g/mol. The van der Waals surface area contributed by atoms with Crippen LogP contribution in [0.5, 0.6) is 11.5 Å². The molecule has 4 rings (SSSR count). The number of nitrogens with two attached hydrogens (primary N) is 1. The van der Waals surface area contributed by atoms with Crippen LogP contribution in [0.3, 0.4) is 0 Å². The van der Waals surface area contributed by atoms with E-state index in [2.05, 4.69) is 10.3 Å². The van der Waals surface area contributed by atoms with Crippen molar-refractivity contribution in [3.63, 3.8) is 0 Å². The van der Waals surface area contributed by atoms with Crippen LogP contribution in [-0.4, -0.2) is 28.2 Å². The number of alkyl halides is 3. The molecule has 1 aromatic heterocycles. The van der Waals surface area contributed by atoms with Crippen molar-refractivity contribution in [3.8, 4) is 11.5 Å². The number of anilines is 1. The molecule has 0 aliphatic heterocycles. The molecular formula is C24H21ClF4N4O2. The highest BCUT2D eigenvalue weighted by molar-refractivity contribution is 6.30. The SMILES string of the molecule is CC1=C(C(N)=O)C=CC(n2cnc3c(NCCC(F)(F)F)cc(Oc4ccc(Cl)c(F)c4)cc32)C1. The number of carbonyl (C=O) groups is 1. The zero-order chi connectivity index (χ0) is 25.3. The number of primary amides is 1. The van der Waals surface area contributed by atoms with E-state index in [0.29, 0.717) is 28.7 Å². The third-order valence-corrected chi connectivity index (χ3v) is 5.89. The van der Waals surface area contributed by atoms with Crippen LogP contribution in [0, 0.1) is 5.82 Å². The van der Waals surface area contributed by atoms with E-state index in [1.807, 2.05) is 17.6 Å². The molecule has 0 saturated carbocycles. The number of aromatic nitrogens is 2. The maximum absolute atomic E-state index is 13.9. The second-order valence-electron chi connectivity index (χ2n) is 8.15. The molecule has 1 atom stereocenters. The third kappa shape index (κ3) is 5.59. The number of imidazole rings is 1. The van der Waals surface area contributed by atoms with Crippen molar-refractivity contribution in [1.82, 2.24) is 9.55 Å². The Morgan fingerprint density at radius 2 is 2.06 bits per heavy atom. The van der Waals surface area contributed by atoms with E-state index >= 15 is 0 Å². The molecule has 3 N–H and O–H groups in total. The molecule has 184 valence electrons. The number of carbonyl (C=O) groups excluding carboxylic acids is 1. The predicted octanol–water partition coefficient (Wildman–Crippen LogP) is 6.29. The average Bonchev–Trinajstić information content (AvgIpc) is 3.19. The summed E-state index contributed by atoms with van der Waals surface area (Å²) in [6.45, 7) is 1.45. The van der Waals surface area contributed by atoms with E-state index in [1.54, 1.807) is 18.5 Å². The van der Waals surface area contributed by atoms with Crippen LogP contribution >= 0.6 is 11.6 Å². The highest BCUT2D eigenvalue weighted by Crippen LogP contribution is 2.36. The molecular weight excluding hydrogens is 488 g/mol. The molecule has 6 nitrogen and oxygen atoms in total. The van der Waals surface area contributed by atoms with Gasteiger partial charge in [-0.3, -0.25) is 4.79 Å². The van der Waals surface area contributed by atoms with E-state index in [4.69, 9.17) is 22.1 Å². The zero-order valence-corrected chi connectivity index (χ0v) is 19.3. The molecule has 11 heteroatoms. The van der Waals surface area contributed by atoms with Gasteiger partial charge in [0.1, 0.15) is 22.8 Å². The van der Waals surface area contributed by atoms with Crippen molar-refractivity contribution in [2.45, 2.75) is 32.0 Å². The van der Waals surface area contributed by atoms with Crippen molar-refractivity contribution in [2.75, 3.05) is 11.9 Å². The molecule has 2 aromatic carbocycles. The Hall–Kier alpha value is -3.53.